The zero-order valence-electron chi connectivity index (χ0n) is 12.9. The summed E-state index contributed by atoms with van der Waals surface area (Å²) in [4.78, 5) is 15.8. The van der Waals surface area contributed by atoms with Crippen molar-refractivity contribution in [2.45, 2.75) is 12.3 Å². The molecule has 2 aromatic rings. The molecule has 1 atom stereocenters. The van der Waals surface area contributed by atoms with Crippen LogP contribution in [0.25, 0.3) is 0 Å². The van der Waals surface area contributed by atoms with E-state index in [-0.39, 0.29) is 17.3 Å². The fraction of sp³-hybridized carbons (Fsp3) is 0.235. The quantitative estimate of drug-likeness (QED) is 0.757. The largest absolute Gasteiger partial charge is 0.478 e. The fourth-order valence-corrected chi connectivity index (χ4v) is 2.53. The Labute approximate surface area is 138 Å². The Morgan fingerprint density at radius 2 is 2.25 bits per heavy atom. The van der Waals surface area contributed by atoms with Crippen molar-refractivity contribution in [1.82, 2.24) is 10.4 Å². The van der Waals surface area contributed by atoms with Crippen molar-refractivity contribution in [1.29, 1.82) is 0 Å². The summed E-state index contributed by atoms with van der Waals surface area (Å²) >= 11 is 0. The van der Waals surface area contributed by atoms with E-state index in [1.807, 2.05) is 6.07 Å². The lowest BCUT2D eigenvalue weighted by atomic mass is 10.1. The summed E-state index contributed by atoms with van der Waals surface area (Å²) in [6, 6.07) is 9.57. The number of aromatic carboxylic acids is 1. The molecule has 0 bridgehead atoms. The number of rotatable bonds is 6. The molecule has 124 valence electrons. The second-order valence-electron chi connectivity index (χ2n) is 5.49. The SMILES string of the molecule is O=C(O)c1ccc(C2C=NNC2)nc1NCCc1cccc(F)c1. The first-order valence-corrected chi connectivity index (χ1v) is 7.62. The zero-order chi connectivity index (χ0) is 16.9. The third-order valence-corrected chi connectivity index (χ3v) is 3.78. The Morgan fingerprint density at radius 1 is 1.38 bits per heavy atom. The highest BCUT2D eigenvalue weighted by atomic mass is 19.1. The molecule has 7 heteroatoms. The minimum atomic E-state index is -1.04. The maximum atomic E-state index is 13.2. The summed E-state index contributed by atoms with van der Waals surface area (Å²) in [5.41, 5.74) is 4.55. The summed E-state index contributed by atoms with van der Waals surface area (Å²) in [5, 5.41) is 16.3. The number of anilines is 1. The van der Waals surface area contributed by atoms with Crippen LogP contribution in [0.4, 0.5) is 10.2 Å². The molecule has 1 aromatic carbocycles. The summed E-state index contributed by atoms with van der Waals surface area (Å²) in [5.74, 6) is -0.985. The Balaban J connectivity index is 1.73. The van der Waals surface area contributed by atoms with Crippen molar-refractivity contribution in [3.05, 3.63) is 59.0 Å². The van der Waals surface area contributed by atoms with E-state index in [0.717, 1.165) is 11.3 Å². The van der Waals surface area contributed by atoms with Crippen LogP contribution in [0.15, 0.2) is 41.5 Å². The molecule has 24 heavy (non-hydrogen) atoms. The van der Waals surface area contributed by atoms with Crippen LogP contribution in [0.2, 0.25) is 0 Å². The molecule has 0 amide bonds. The topological polar surface area (TPSA) is 86.6 Å². The van der Waals surface area contributed by atoms with Crippen LogP contribution in [0.5, 0.6) is 0 Å². The lowest BCUT2D eigenvalue weighted by molar-refractivity contribution is 0.0697. The minimum Gasteiger partial charge on any atom is -0.478 e. The second-order valence-corrected chi connectivity index (χ2v) is 5.49. The first-order chi connectivity index (χ1) is 11.6. The Bertz CT molecular complexity index is 779. The third kappa shape index (κ3) is 3.68. The highest BCUT2D eigenvalue weighted by molar-refractivity contribution is 5.93. The van der Waals surface area contributed by atoms with E-state index in [1.165, 1.54) is 12.1 Å². The van der Waals surface area contributed by atoms with Gasteiger partial charge in [-0.3, -0.25) is 0 Å². The van der Waals surface area contributed by atoms with Gasteiger partial charge in [0, 0.05) is 19.3 Å². The van der Waals surface area contributed by atoms with Crippen molar-refractivity contribution in [3.8, 4) is 0 Å². The van der Waals surface area contributed by atoms with Crippen LogP contribution in [0.3, 0.4) is 0 Å². The standard InChI is InChI=1S/C17H17FN4O2/c18-13-3-1-2-11(8-13)6-7-19-16-14(17(23)24)4-5-15(22-16)12-9-20-21-10-12/h1-5,8-9,12,21H,6-7,10H2,(H,19,22)(H,23,24). The molecular weight excluding hydrogens is 311 g/mol. The number of nitrogens with zero attached hydrogens (tertiary/aromatic N) is 2. The molecule has 0 aliphatic carbocycles. The molecule has 3 rings (SSSR count). The molecule has 3 N–H and O–H groups in total. The van der Waals surface area contributed by atoms with E-state index in [1.54, 1.807) is 24.4 Å². The van der Waals surface area contributed by atoms with Crippen molar-refractivity contribution in [3.63, 3.8) is 0 Å². The molecule has 6 nitrogen and oxygen atoms in total. The normalized spacial score (nSPS) is 16.0. The van der Waals surface area contributed by atoms with Gasteiger partial charge in [0.1, 0.15) is 17.2 Å². The molecule has 0 fully saturated rings. The van der Waals surface area contributed by atoms with E-state index in [9.17, 15) is 14.3 Å². The number of nitrogens with one attached hydrogen (secondary N) is 2. The monoisotopic (exact) mass is 328 g/mol. The number of aromatic nitrogens is 1. The number of carboxylic acids is 1. The molecular formula is C17H17FN4O2. The van der Waals surface area contributed by atoms with Crippen molar-refractivity contribution >= 4 is 18.0 Å². The molecule has 2 heterocycles. The number of hydrogen-bond donors (Lipinski definition) is 3. The Morgan fingerprint density at radius 3 is 2.96 bits per heavy atom. The minimum absolute atomic E-state index is 0.0246. The number of hydrazone groups is 1. The number of carbonyl (C=O) groups is 1. The summed E-state index contributed by atoms with van der Waals surface area (Å²) in [6.45, 7) is 1.10. The van der Waals surface area contributed by atoms with E-state index in [0.29, 0.717) is 25.3 Å². The molecule has 0 spiro atoms. The van der Waals surface area contributed by atoms with Gasteiger partial charge >= 0.3 is 5.97 Å². The van der Waals surface area contributed by atoms with E-state index in [2.05, 4.69) is 20.8 Å². The van der Waals surface area contributed by atoms with Gasteiger partial charge in [-0.1, -0.05) is 12.1 Å². The van der Waals surface area contributed by atoms with Gasteiger partial charge in [-0.05, 0) is 36.2 Å². The molecule has 1 unspecified atom stereocenters. The van der Waals surface area contributed by atoms with Gasteiger partial charge in [0.25, 0.3) is 0 Å². The van der Waals surface area contributed by atoms with Gasteiger partial charge in [0.2, 0.25) is 0 Å². The lowest BCUT2D eigenvalue weighted by Crippen LogP contribution is -2.15. The zero-order valence-corrected chi connectivity index (χ0v) is 12.9. The van der Waals surface area contributed by atoms with Crippen LogP contribution < -0.4 is 10.7 Å². The Hall–Kier alpha value is -2.96. The average molecular weight is 328 g/mol. The molecule has 1 aromatic heterocycles. The summed E-state index contributed by atoms with van der Waals surface area (Å²) < 4.78 is 13.2. The highest BCUT2D eigenvalue weighted by Crippen LogP contribution is 2.20. The summed E-state index contributed by atoms with van der Waals surface area (Å²) in [6.07, 6.45) is 2.31. The summed E-state index contributed by atoms with van der Waals surface area (Å²) in [7, 11) is 0. The number of halogens is 1. The van der Waals surface area contributed by atoms with Gasteiger partial charge in [-0.25, -0.2) is 14.2 Å². The van der Waals surface area contributed by atoms with Gasteiger partial charge < -0.3 is 15.8 Å². The predicted molar refractivity (Wildman–Crippen MR) is 89.0 cm³/mol. The van der Waals surface area contributed by atoms with Gasteiger partial charge in [-0.2, -0.15) is 5.10 Å². The number of pyridine rings is 1. The molecule has 0 saturated carbocycles. The van der Waals surface area contributed by atoms with E-state index in [4.69, 9.17) is 0 Å². The van der Waals surface area contributed by atoms with Gasteiger partial charge in [-0.15, -0.1) is 0 Å². The van der Waals surface area contributed by atoms with Gasteiger partial charge in [0.05, 0.1) is 11.6 Å². The van der Waals surface area contributed by atoms with E-state index >= 15 is 0 Å². The molecule has 0 radical (unpaired) electrons. The average Bonchev–Trinajstić information content (AvgIpc) is 3.09. The first-order valence-electron chi connectivity index (χ1n) is 7.62. The van der Waals surface area contributed by atoms with Crippen molar-refractivity contribution < 1.29 is 14.3 Å². The maximum Gasteiger partial charge on any atom is 0.339 e. The van der Waals surface area contributed by atoms with Crippen LogP contribution in [-0.4, -0.2) is 35.4 Å². The molecule has 1 aliphatic rings. The van der Waals surface area contributed by atoms with Crippen LogP contribution in [0.1, 0.15) is 27.5 Å². The van der Waals surface area contributed by atoms with Crippen LogP contribution >= 0.6 is 0 Å². The fourth-order valence-electron chi connectivity index (χ4n) is 2.53. The third-order valence-electron chi connectivity index (χ3n) is 3.78. The van der Waals surface area contributed by atoms with Crippen molar-refractivity contribution in [2.24, 2.45) is 5.10 Å². The Kier molecular flexibility index (Phi) is 4.69. The van der Waals surface area contributed by atoms with Crippen LogP contribution in [0, 0.1) is 5.82 Å². The number of carboxylic acid groups (broad SMARTS) is 1. The maximum absolute atomic E-state index is 13.2. The lowest BCUT2D eigenvalue weighted by Gasteiger charge is -2.12. The number of hydrogen-bond acceptors (Lipinski definition) is 5. The molecule has 1 aliphatic heterocycles. The van der Waals surface area contributed by atoms with Crippen LogP contribution in [-0.2, 0) is 6.42 Å². The molecule has 0 saturated heterocycles. The van der Waals surface area contributed by atoms with Crippen molar-refractivity contribution in [2.75, 3.05) is 18.4 Å². The smallest absolute Gasteiger partial charge is 0.339 e. The predicted octanol–water partition coefficient (Wildman–Crippen LogP) is 2.25. The first kappa shape index (κ1) is 15.9. The second kappa shape index (κ2) is 7.08. The number of benzene rings is 1. The van der Waals surface area contributed by atoms with E-state index < -0.39 is 5.97 Å². The van der Waals surface area contributed by atoms with Gasteiger partial charge in [0.15, 0.2) is 0 Å². The highest BCUT2D eigenvalue weighted by Gasteiger charge is 2.18.